The summed E-state index contributed by atoms with van der Waals surface area (Å²) >= 11 is 0. The largest absolute Gasteiger partial charge is 0.493 e. The van der Waals surface area contributed by atoms with Gasteiger partial charge in [-0.05, 0) is 63.1 Å². The summed E-state index contributed by atoms with van der Waals surface area (Å²) in [6.45, 7) is 5.24. The summed E-state index contributed by atoms with van der Waals surface area (Å²) in [5.74, 6) is 0.807. The van der Waals surface area contributed by atoms with Crippen LogP contribution in [0.1, 0.15) is 45.8 Å². The Morgan fingerprint density at radius 1 is 1.11 bits per heavy atom. The van der Waals surface area contributed by atoms with Crippen LogP contribution in [0.15, 0.2) is 40.9 Å². The Kier molecular flexibility index (Phi) is 6.90. The highest BCUT2D eigenvalue weighted by Crippen LogP contribution is 2.37. The third-order valence-electron chi connectivity index (χ3n) is 6.00. The molecule has 0 bridgehead atoms. The molecule has 1 N–H and O–H groups in total. The molecule has 0 radical (unpaired) electrons. The monoisotopic (exact) mass is 489 g/mol. The highest BCUT2D eigenvalue weighted by atomic mass is 19.4. The van der Waals surface area contributed by atoms with Crippen LogP contribution in [0.5, 0.6) is 11.5 Å². The van der Waals surface area contributed by atoms with E-state index in [9.17, 15) is 18.0 Å². The predicted molar refractivity (Wildman–Crippen MR) is 124 cm³/mol. The van der Waals surface area contributed by atoms with E-state index in [0.29, 0.717) is 28.6 Å². The van der Waals surface area contributed by atoms with Gasteiger partial charge in [-0.1, -0.05) is 5.16 Å². The van der Waals surface area contributed by atoms with E-state index in [4.69, 9.17) is 14.0 Å². The van der Waals surface area contributed by atoms with Gasteiger partial charge in [0, 0.05) is 18.7 Å². The number of hydrogen-bond donors (Lipinski definition) is 1. The molecule has 0 aliphatic carbocycles. The summed E-state index contributed by atoms with van der Waals surface area (Å²) in [6, 6.07) is 8.03. The lowest BCUT2D eigenvalue weighted by Gasteiger charge is -2.23. The molecular weight excluding hydrogens is 463 g/mol. The zero-order chi connectivity index (χ0) is 25.2. The van der Waals surface area contributed by atoms with Crippen molar-refractivity contribution in [1.29, 1.82) is 0 Å². The molecule has 10 heteroatoms. The van der Waals surface area contributed by atoms with E-state index in [-0.39, 0.29) is 17.9 Å². The van der Waals surface area contributed by atoms with Crippen LogP contribution < -0.4 is 19.7 Å². The zero-order valence-corrected chi connectivity index (χ0v) is 19.7. The van der Waals surface area contributed by atoms with Crippen LogP contribution in [-0.2, 0) is 12.8 Å². The van der Waals surface area contributed by atoms with Crippen molar-refractivity contribution in [2.45, 2.75) is 39.5 Å². The maximum atomic E-state index is 13.3. The minimum Gasteiger partial charge on any atom is -0.493 e. The molecule has 0 spiro atoms. The molecule has 186 valence electrons. The van der Waals surface area contributed by atoms with Crippen LogP contribution in [0.2, 0.25) is 0 Å². The van der Waals surface area contributed by atoms with Crippen molar-refractivity contribution in [2.24, 2.45) is 0 Å². The number of hydrogen-bond acceptors (Lipinski definition) is 6. The molecule has 1 aliphatic rings. The van der Waals surface area contributed by atoms with E-state index in [0.717, 1.165) is 43.6 Å². The highest BCUT2D eigenvalue weighted by molar-refractivity contribution is 6.06. The van der Waals surface area contributed by atoms with E-state index >= 15 is 0 Å². The van der Waals surface area contributed by atoms with Crippen molar-refractivity contribution in [3.63, 3.8) is 0 Å². The van der Waals surface area contributed by atoms with Crippen molar-refractivity contribution >= 4 is 17.3 Å². The van der Waals surface area contributed by atoms with Gasteiger partial charge in [-0.3, -0.25) is 4.79 Å². The molecule has 0 saturated carbocycles. The molecule has 0 unspecified atom stereocenters. The molecule has 35 heavy (non-hydrogen) atoms. The van der Waals surface area contributed by atoms with Crippen LogP contribution in [-0.4, -0.2) is 31.3 Å². The van der Waals surface area contributed by atoms with E-state index in [1.165, 1.54) is 25.3 Å². The molecule has 2 aromatic carbocycles. The first-order valence-electron chi connectivity index (χ1n) is 11.2. The minimum atomic E-state index is -4.52. The van der Waals surface area contributed by atoms with Crippen molar-refractivity contribution in [3.05, 3.63) is 64.5 Å². The summed E-state index contributed by atoms with van der Waals surface area (Å²) in [7, 11) is 1.44. The van der Waals surface area contributed by atoms with Crippen molar-refractivity contribution in [2.75, 3.05) is 30.4 Å². The average molecular weight is 489 g/mol. The number of ether oxygens (including phenoxy) is 2. The number of halogens is 3. The molecule has 1 aliphatic heterocycles. The quantitative estimate of drug-likeness (QED) is 0.455. The van der Waals surface area contributed by atoms with Gasteiger partial charge in [0.25, 0.3) is 5.91 Å². The lowest BCUT2D eigenvalue weighted by atomic mass is 10.1. The van der Waals surface area contributed by atoms with Crippen LogP contribution in [0.3, 0.4) is 0 Å². The first-order chi connectivity index (χ1) is 16.7. The number of aromatic nitrogens is 1. The Bertz CT molecular complexity index is 1200. The van der Waals surface area contributed by atoms with Gasteiger partial charge in [-0.15, -0.1) is 0 Å². The number of rotatable bonds is 7. The molecule has 3 aromatic rings. The third kappa shape index (κ3) is 5.36. The molecule has 1 aromatic heterocycles. The minimum absolute atomic E-state index is 0.115. The molecule has 7 nitrogen and oxygen atoms in total. The normalized spacial score (nSPS) is 13.7. The first-order valence-corrected chi connectivity index (χ1v) is 11.2. The number of carbonyl (C=O) groups is 1. The van der Waals surface area contributed by atoms with Gasteiger partial charge in [0.15, 0.2) is 11.5 Å². The SMILES string of the molecule is COc1cc(C(=O)Nc2cc(C(F)(F)F)ccc2N2CCCC2)ccc1OCc1c(C)noc1C. The van der Waals surface area contributed by atoms with Crippen LogP contribution in [0.4, 0.5) is 24.5 Å². The summed E-state index contributed by atoms with van der Waals surface area (Å²) in [6.07, 6.45) is -2.63. The number of methoxy groups -OCH3 is 1. The number of benzene rings is 2. The Morgan fingerprint density at radius 2 is 1.86 bits per heavy atom. The van der Waals surface area contributed by atoms with Gasteiger partial charge < -0.3 is 24.2 Å². The number of nitrogens with zero attached hydrogens (tertiary/aromatic N) is 2. The van der Waals surface area contributed by atoms with Gasteiger partial charge in [-0.25, -0.2) is 0 Å². The van der Waals surface area contributed by atoms with E-state index in [2.05, 4.69) is 10.5 Å². The predicted octanol–water partition coefficient (Wildman–Crippen LogP) is 5.75. The van der Waals surface area contributed by atoms with Crippen molar-refractivity contribution in [3.8, 4) is 11.5 Å². The number of anilines is 2. The zero-order valence-electron chi connectivity index (χ0n) is 19.7. The topological polar surface area (TPSA) is 76.8 Å². The Morgan fingerprint density at radius 3 is 2.49 bits per heavy atom. The van der Waals surface area contributed by atoms with Gasteiger partial charge in [0.1, 0.15) is 12.4 Å². The molecular formula is C25H26F3N3O4. The maximum absolute atomic E-state index is 13.3. The summed E-state index contributed by atoms with van der Waals surface area (Å²) in [5.41, 5.74) is 1.60. The second kappa shape index (κ2) is 9.89. The highest BCUT2D eigenvalue weighted by Gasteiger charge is 2.32. The fourth-order valence-corrected chi connectivity index (χ4v) is 4.03. The summed E-state index contributed by atoms with van der Waals surface area (Å²) in [4.78, 5) is 15.0. The second-order valence-electron chi connectivity index (χ2n) is 8.34. The smallest absolute Gasteiger partial charge is 0.416 e. The fourth-order valence-electron chi connectivity index (χ4n) is 4.03. The van der Waals surface area contributed by atoms with Crippen LogP contribution in [0.25, 0.3) is 0 Å². The number of amides is 1. The first kappa shape index (κ1) is 24.4. The molecule has 4 rings (SSSR count). The van der Waals surface area contributed by atoms with Gasteiger partial charge >= 0.3 is 6.18 Å². The maximum Gasteiger partial charge on any atom is 0.416 e. The number of nitrogens with one attached hydrogen (secondary N) is 1. The number of aryl methyl sites for hydroxylation is 2. The van der Waals surface area contributed by atoms with Gasteiger partial charge in [0.2, 0.25) is 0 Å². The Balaban J connectivity index is 1.56. The van der Waals surface area contributed by atoms with Crippen molar-refractivity contribution < 1.29 is 32.0 Å². The molecule has 1 saturated heterocycles. The van der Waals surface area contributed by atoms with Crippen molar-refractivity contribution in [1.82, 2.24) is 5.16 Å². The van der Waals surface area contributed by atoms with Crippen LogP contribution >= 0.6 is 0 Å². The fraction of sp³-hybridized carbons (Fsp3) is 0.360. The number of alkyl halides is 3. The van der Waals surface area contributed by atoms with Crippen LogP contribution in [0, 0.1) is 13.8 Å². The van der Waals surface area contributed by atoms with Gasteiger partial charge in [0.05, 0.1) is 35.3 Å². The standard InChI is InChI=1S/C25H26F3N3O4/c1-15-19(16(2)35-30-15)14-34-22-9-6-17(12-23(22)33-3)24(32)29-20-13-18(25(26,27)28)7-8-21(20)31-10-4-5-11-31/h6-9,12-13H,4-5,10-11,14H2,1-3H3,(H,29,32). The molecule has 0 atom stereocenters. The second-order valence-corrected chi connectivity index (χ2v) is 8.34. The van der Waals surface area contributed by atoms with E-state index < -0.39 is 17.6 Å². The average Bonchev–Trinajstić information content (AvgIpc) is 3.47. The summed E-state index contributed by atoms with van der Waals surface area (Å²) in [5, 5.41) is 6.55. The third-order valence-corrected chi connectivity index (χ3v) is 6.00. The van der Waals surface area contributed by atoms with Gasteiger partial charge in [-0.2, -0.15) is 13.2 Å². The Labute approximate surface area is 200 Å². The molecule has 1 fully saturated rings. The van der Waals surface area contributed by atoms with E-state index in [1.807, 2.05) is 11.8 Å². The molecule has 1 amide bonds. The molecule has 2 heterocycles. The Hall–Kier alpha value is -3.69. The lowest BCUT2D eigenvalue weighted by Crippen LogP contribution is -2.22. The lowest BCUT2D eigenvalue weighted by molar-refractivity contribution is -0.137. The summed E-state index contributed by atoms with van der Waals surface area (Å²) < 4.78 is 56.4. The van der Waals surface area contributed by atoms with E-state index in [1.54, 1.807) is 13.0 Å². The number of carbonyl (C=O) groups excluding carboxylic acids is 1.